The predicted molar refractivity (Wildman–Crippen MR) is 113 cm³/mol. The number of aryl methyl sites for hydroxylation is 1. The fourth-order valence-corrected chi connectivity index (χ4v) is 5.10. The van der Waals surface area contributed by atoms with E-state index in [0.29, 0.717) is 6.04 Å². The maximum Gasteiger partial charge on any atom is 0.265 e. The number of carbonyl (C=O) groups is 1. The van der Waals surface area contributed by atoms with Crippen LogP contribution in [0, 0.1) is 6.92 Å². The predicted octanol–water partition coefficient (Wildman–Crippen LogP) is 4.05. The number of likely N-dealkylation sites (tertiary alicyclic amines) is 1. The zero-order chi connectivity index (χ0) is 19.8. The van der Waals surface area contributed by atoms with Crippen molar-refractivity contribution in [3.05, 3.63) is 46.5 Å². The fourth-order valence-electron chi connectivity index (χ4n) is 4.33. The highest BCUT2D eigenvalue weighted by atomic mass is 32.1. The largest absolute Gasteiger partial charge is 0.490 e. The second-order valence-corrected chi connectivity index (χ2v) is 8.66. The maximum atomic E-state index is 12.7. The Bertz CT molecular complexity index is 1010. The molecular weight excluding hydrogens is 386 g/mol. The summed E-state index contributed by atoms with van der Waals surface area (Å²) in [6.45, 7) is 4.94. The smallest absolute Gasteiger partial charge is 0.265 e. The van der Waals surface area contributed by atoms with Crippen LogP contribution in [0.4, 0.5) is 0 Å². The Morgan fingerprint density at radius 3 is 2.83 bits per heavy atom. The van der Waals surface area contributed by atoms with Crippen LogP contribution in [0.15, 0.2) is 36.0 Å². The number of thiazole rings is 1. The molecule has 0 bridgehead atoms. The lowest BCUT2D eigenvalue weighted by Gasteiger charge is -2.32. The molecule has 152 valence electrons. The summed E-state index contributed by atoms with van der Waals surface area (Å²) >= 11 is 1.42. The first-order chi connectivity index (χ1) is 14.2. The van der Waals surface area contributed by atoms with Crippen LogP contribution in [0.3, 0.4) is 0 Å². The first-order valence-electron chi connectivity index (χ1n) is 10.2. The molecule has 2 fully saturated rings. The van der Waals surface area contributed by atoms with Crippen molar-refractivity contribution in [2.75, 3.05) is 26.3 Å². The molecule has 1 aromatic carbocycles. The van der Waals surface area contributed by atoms with Crippen molar-refractivity contribution >= 4 is 28.1 Å². The molecular formula is C22H25N3O3S. The number of aromatic nitrogens is 2. The van der Waals surface area contributed by atoms with Crippen LogP contribution < -0.4 is 4.74 Å². The third-order valence-corrected chi connectivity index (χ3v) is 6.90. The van der Waals surface area contributed by atoms with E-state index < -0.39 is 0 Å². The van der Waals surface area contributed by atoms with E-state index in [9.17, 15) is 4.79 Å². The summed E-state index contributed by atoms with van der Waals surface area (Å²) in [7, 11) is 0. The Kier molecular flexibility index (Phi) is 5.01. The summed E-state index contributed by atoms with van der Waals surface area (Å²) in [6.07, 6.45) is 5.02. The molecule has 1 unspecified atom stereocenters. The molecule has 6 nitrogen and oxygen atoms in total. The van der Waals surface area contributed by atoms with Gasteiger partial charge in [-0.25, -0.2) is 4.98 Å². The van der Waals surface area contributed by atoms with Crippen molar-refractivity contribution in [1.82, 2.24) is 14.5 Å². The monoisotopic (exact) mass is 411 g/mol. The van der Waals surface area contributed by atoms with Gasteiger partial charge in [-0.3, -0.25) is 4.79 Å². The van der Waals surface area contributed by atoms with E-state index in [1.54, 1.807) is 5.51 Å². The van der Waals surface area contributed by atoms with Crippen molar-refractivity contribution in [1.29, 1.82) is 0 Å². The zero-order valence-electron chi connectivity index (χ0n) is 16.5. The number of rotatable bonds is 4. The third kappa shape index (κ3) is 3.53. The molecule has 0 radical (unpaired) electrons. The molecule has 0 saturated carbocycles. The van der Waals surface area contributed by atoms with Gasteiger partial charge in [0.1, 0.15) is 16.7 Å². The van der Waals surface area contributed by atoms with Gasteiger partial charge in [0.2, 0.25) is 0 Å². The molecule has 2 aromatic heterocycles. The summed E-state index contributed by atoms with van der Waals surface area (Å²) in [4.78, 5) is 19.6. The summed E-state index contributed by atoms with van der Waals surface area (Å²) in [5, 5.41) is 1.15. The number of ether oxygens (including phenoxy) is 2. The summed E-state index contributed by atoms with van der Waals surface area (Å²) in [6, 6.07) is 8.82. The van der Waals surface area contributed by atoms with Crippen LogP contribution in [0.1, 0.15) is 40.7 Å². The average molecular weight is 412 g/mol. The molecule has 2 aliphatic heterocycles. The normalized spacial score (nSPS) is 20.4. The summed E-state index contributed by atoms with van der Waals surface area (Å²) in [5.41, 5.74) is 3.76. The molecule has 4 heterocycles. The molecule has 29 heavy (non-hydrogen) atoms. The second kappa shape index (κ2) is 7.80. The minimum atomic E-state index is 0.0985. The maximum absolute atomic E-state index is 12.7. The molecule has 1 amide bonds. The van der Waals surface area contributed by atoms with E-state index in [0.717, 1.165) is 67.3 Å². The Morgan fingerprint density at radius 1 is 1.24 bits per heavy atom. The van der Waals surface area contributed by atoms with Crippen LogP contribution in [0.2, 0.25) is 0 Å². The lowest BCUT2D eigenvalue weighted by molar-refractivity contribution is 0.0601. The highest BCUT2D eigenvalue weighted by Crippen LogP contribution is 2.32. The lowest BCUT2D eigenvalue weighted by Crippen LogP contribution is -2.41. The zero-order valence-corrected chi connectivity index (χ0v) is 17.4. The second-order valence-electron chi connectivity index (χ2n) is 7.81. The minimum Gasteiger partial charge on any atom is -0.490 e. The summed E-state index contributed by atoms with van der Waals surface area (Å²) in [5.74, 6) is 1.03. The first-order valence-corrected chi connectivity index (χ1v) is 11.1. The number of hydrogen-bond donors (Lipinski definition) is 0. The number of hydrogen-bond acceptors (Lipinski definition) is 5. The van der Waals surface area contributed by atoms with Gasteiger partial charge >= 0.3 is 0 Å². The van der Waals surface area contributed by atoms with Crippen molar-refractivity contribution in [3.8, 4) is 5.75 Å². The van der Waals surface area contributed by atoms with E-state index in [2.05, 4.69) is 40.0 Å². The highest BCUT2D eigenvalue weighted by molar-refractivity contribution is 7.11. The van der Waals surface area contributed by atoms with E-state index >= 15 is 0 Å². The molecule has 3 aromatic rings. The van der Waals surface area contributed by atoms with Gasteiger partial charge < -0.3 is 18.9 Å². The Morgan fingerprint density at radius 2 is 2.10 bits per heavy atom. The van der Waals surface area contributed by atoms with Crippen molar-refractivity contribution in [3.63, 3.8) is 0 Å². The summed E-state index contributed by atoms with van der Waals surface area (Å²) < 4.78 is 14.3. The van der Waals surface area contributed by atoms with E-state index in [1.807, 2.05) is 11.8 Å². The topological polar surface area (TPSA) is 56.6 Å². The number of fused-ring (bicyclic) bond motifs is 1. The minimum absolute atomic E-state index is 0.0985. The quantitative estimate of drug-likeness (QED) is 0.650. The average Bonchev–Trinajstić information content (AvgIpc) is 3.48. The van der Waals surface area contributed by atoms with Crippen LogP contribution in [0.25, 0.3) is 10.9 Å². The van der Waals surface area contributed by atoms with Gasteiger partial charge in [-0.15, -0.1) is 11.3 Å². The van der Waals surface area contributed by atoms with E-state index in [1.165, 1.54) is 16.9 Å². The van der Waals surface area contributed by atoms with Crippen LogP contribution in [0.5, 0.6) is 5.75 Å². The van der Waals surface area contributed by atoms with Crippen LogP contribution >= 0.6 is 11.3 Å². The molecule has 2 saturated heterocycles. The van der Waals surface area contributed by atoms with Gasteiger partial charge in [0.05, 0.1) is 29.4 Å². The van der Waals surface area contributed by atoms with Gasteiger partial charge in [0.25, 0.3) is 5.91 Å². The first kappa shape index (κ1) is 18.6. The number of amides is 1. The molecule has 5 rings (SSSR count). The number of benzene rings is 1. The molecule has 2 aliphatic rings. The SMILES string of the molecule is Cc1ncsc1C(=O)N1CCC(Oc2cccc3c2ccn3C2CCOC2)CC1. The van der Waals surface area contributed by atoms with Gasteiger partial charge in [0.15, 0.2) is 0 Å². The standard InChI is InChI=1S/C22H25N3O3S/c1-15-21(29-14-23-15)22(26)24-9-5-17(6-10-24)28-20-4-2-3-19-18(20)7-11-25(19)16-8-12-27-13-16/h2-4,7,11,14,16-17H,5-6,8-10,12-13H2,1H3. The van der Waals surface area contributed by atoms with E-state index in [-0.39, 0.29) is 12.0 Å². The van der Waals surface area contributed by atoms with E-state index in [4.69, 9.17) is 9.47 Å². The van der Waals surface area contributed by atoms with Crippen molar-refractivity contribution in [2.45, 2.75) is 38.3 Å². The Labute approximate surface area is 174 Å². The number of carbonyl (C=O) groups excluding carboxylic acids is 1. The van der Waals surface area contributed by atoms with Gasteiger partial charge in [-0.05, 0) is 31.5 Å². The molecule has 7 heteroatoms. The van der Waals surface area contributed by atoms with Crippen molar-refractivity contribution < 1.29 is 14.3 Å². The Balaban J connectivity index is 1.26. The fraction of sp³-hybridized carbons (Fsp3) is 0.455. The number of piperidine rings is 1. The molecule has 0 spiro atoms. The molecule has 1 atom stereocenters. The highest BCUT2D eigenvalue weighted by Gasteiger charge is 2.27. The molecule has 0 N–H and O–H groups in total. The number of nitrogens with zero attached hydrogens (tertiary/aromatic N) is 3. The van der Waals surface area contributed by atoms with Gasteiger partial charge in [-0.2, -0.15) is 0 Å². The molecule has 0 aliphatic carbocycles. The van der Waals surface area contributed by atoms with Crippen molar-refractivity contribution in [2.24, 2.45) is 0 Å². The van der Waals surface area contributed by atoms with Gasteiger partial charge in [0, 0.05) is 44.1 Å². The van der Waals surface area contributed by atoms with Crippen LogP contribution in [-0.4, -0.2) is 52.8 Å². The Hall–Kier alpha value is -2.38. The van der Waals surface area contributed by atoms with Crippen LogP contribution in [-0.2, 0) is 4.74 Å². The lowest BCUT2D eigenvalue weighted by atomic mass is 10.1. The van der Waals surface area contributed by atoms with Gasteiger partial charge in [-0.1, -0.05) is 6.07 Å². The third-order valence-electron chi connectivity index (χ3n) is 5.98.